The van der Waals surface area contributed by atoms with Gasteiger partial charge in [-0.1, -0.05) is 6.07 Å². The summed E-state index contributed by atoms with van der Waals surface area (Å²) >= 11 is 0. The molecule has 0 aliphatic heterocycles. The minimum atomic E-state index is -4.99. The van der Waals surface area contributed by atoms with Gasteiger partial charge in [-0.3, -0.25) is 9.48 Å². The molecule has 0 aliphatic rings. The van der Waals surface area contributed by atoms with Gasteiger partial charge in [0.1, 0.15) is 5.76 Å². The summed E-state index contributed by atoms with van der Waals surface area (Å²) in [5, 5.41) is 6.40. The normalized spacial score (nSPS) is 13.5. The largest absolute Gasteiger partial charge is 0.465 e. The maximum absolute atomic E-state index is 13.4. The Bertz CT molecular complexity index is 1080. The van der Waals surface area contributed by atoms with Crippen molar-refractivity contribution in [3.8, 4) is 0 Å². The maximum Gasteiger partial charge on any atom is 0.416 e. The lowest BCUT2D eigenvalue weighted by atomic mass is 9.98. The maximum atomic E-state index is 13.4. The number of hydrogen-bond donors (Lipinski definition) is 1. The summed E-state index contributed by atoms with van der Waals surface area (Å²) in [7, 11) is 0. The first-order valence-corrected chi connectivity index (χ1v) is 8.80. The van der Waals surface area contributed by atoms with Gasteiger partial charge in [-0.2, -0.15) is 31.4 Å². The number of carbonyl (C=O) groups excluding carboxylic acids is 1. The summed E-state index contributed by atoms with van der Waals surface area (Å²) in [6, 6.07) is 3.67. The standard InChI is InChI=1S/C20H15F6N3O2/c1-12(16-6-4-13(19(21,22)23)9-17(16)20(24,25)26)29-11-14(10-27-29)28-18(30)7-5-15-3-2-8-31-15/h2-12H,1H3,(H,28,30)/b7-5+. The number of rotatable bonds is 5. The van der Waals surface area contributed by atoms with Crippen molar-refractivity contribution in [1.82, 2.24) is 9.78 Å². The van der Waals surface area contributed by atoms with Gasteiger partial charge in [-0.15, -0.1) is 0 Å². The molecular weight excluding hydrogens is 428 g/mol. The second-order valence-electron chi connectivity index (χ2n) is 6.52. The molecule has 0 bridgehead atoms. The lowest BCUT2D eigenvalue weighted by molar-refractivity contribution is -0.143. The Labute approximate surface area is 172 Å². The fourth-order valence-corrected chi connectivity index (χ4v) is 2.83. The molecule has 3 aromatic rings. The van der Waals surface area contributed by atoms with Gasteiger partial charge >= 0.3 is 12.4 Å². The van der Waals surface area contributed by atoms with E-state index in [1.807, 2.05) is 0 Å². The summed E-state index contributed by atoms with van der Waals surface area (Å²) in [5.74, 6) is -0.0874. The Balaban J connectivity index is 1.81. The van der Waals surface area contributed by atoms with Crippen LogP contribution in [0.2, 0.25) is 0 Å². The van der Waals surface area contributed by atoms with E-state index in [9.17, 15) is 31.1 Å². The van der Waals surface area contributed by atoms with Gasteiger partial charge in [0.2, 0.25) is 5.91 Å². The zero-order valence-corrected chi connectivity index (χ0v) is 15.8. The molecule has 2 heterocycles. The fourth-order valence-electron chi connectivity index (χ4n) is 2.83. The zero-order valence-electron chi connectivity index (χ0n) is 15.8. The summed E-state index contributed by atoms with van der Waals surface area (Å²) in [4.78, 5) is 11.9. The molecule has 1 atom stereocenters. The molecular formula is C20H15F6N3O2. The highest BCUT2D eigenvalue weighted by Gasteiger charge is 2.39. The quantitative estimate of drug-likeness (QED) is 0.402. The first-order chi connectivity index (χ1) is 14.4. The number of hydrogen-bond acceptors (Lipinski definition) is 3. The van der Waals surface area contributed by atoms with Gasteiger partial charge in [0.15, 0.2) is 0 Å². The first kappa shape index (κ1) is 22.2. The number of anilines is 1. The molecule has 0 saturated carbocycles. The fraction of sp³-hybridized carbons (Fsp3) is 0.200. The first-order valence-electron chi connectivity index (χ1n) is 8.80. The predicted molar refractivity (Wildman–Crippen MR) is 98.9 cm³/mol. The zero-order chi connectivity index (χ0) is 22.8. The Morgan fingerprint density at radius 1 is 1.16 bits per heavy atom. The van der Waals surface area contributed by atoms with Crippen LogP contribution in [0.25, 0.3) is 6.08 Å². The van der Waals surface area contributed by atoms with Crippen molar-refractivity contribution < 1.29 is 35.6 Å². The van der Waals surface area contributed by atoms with Crippen LogP contribution in [-0.2, 0) is 17.1 Å². The van der Waals surface area contributed by atoms with Crippen LogP contribution in [0.3, 0.4) is 0 Å². The highest BCUT2D eigenvalue weighted by Crippen LogP contribution is 2.39. The SMILES string of the molecule is CC(c1ccc(C(F)(F)F)cc1C(F)(F)F)n1cc(NC(=O)/C=C/c2ccco2)cn1. The van der Waals surface area contributed by atoms with Gasteiger partial charge in [0, 0.05) is 12.3 Å². The summed E-state index contributed by atoms with van der Waals surface area (Å²) in [5.41, 5.74) is -2.99. The average Bonchev–Trinajstić information content (AvgIpc) is 3.36. The molecule has 0 saturated heterocycles. The van der Waals surface area contributed by atoms with Crippen LogP contribution in [0.15, 0.2) is 59.5 Å². The van der Waals surface area contributed by atoms with Crippen LogP contribution >= 0.6 is 0 Å². The second-order valence-corrected chi connectivity index (χ2v) is 6.52. The number of nitrogens with zero attached hydrogens (tertiary/aromatic N) is 2. The van der Waals surface area contributed by atoms with Crippen LogP contribution in [-0.4, -0.2) is 15.7 Å². The minimum Gasteiger partial charge on any atom is -0.465 e. The summed E-state index contributed by atoms with van der Waals surface area (Å²) in [6.45, 7) is 1.35. The third-order valence-corrected chi connectivity index (χ3v) is 4.34. The second kappa shape index (κ2) is 8.32. The molecule has 0 spiro atoms. The highest BCUT2D eigenvalue weighted by molar-refractivity contribution is 6.01. The van der Waals surface area contributed by atoms with E-state index in [1.54, 1.807) is 12.1 Å². The number of nitrogens with one attached hydrogen (secondary N) is 1. The average molecular weight is 443 g/mol. The smallest absolute Gasteiger partial charge is 0.416 e. The van der Waals surface area contributed by atoms with E-state index in [0.29, 0.717) is 11.8 Å². The third-order valence-electron chi connectivity index (χ3n) is 4.34. The number of benzene rings is 1. The molecule has 0 aliphatic carbocycles. The summed E-state index contributed by atoms with van der Waals surface area (Å²) in [6.07, 6.45) is -3.37. The Morgan fingerprint density at radius 3 is 2.52 bits per heavy atom. The van der Waals surface area contributed by atoms with Crippen LogP contribution in [0, 0.1) is 0 Å². The highest BCUT2D eigenvalue weighted by atomic mass is 19.4. The predicted octanol–water partition coefficient (Wildman–Crippen LogP) is 5.77. The lowest BCUT2D eigenvalue weighted by Gasteiger charge is -2.20. The summed E-state index contributed by atoms with van der Waals surface area (Å²) < 4.78 is 84.9. The molecule has 1 aromatic carbocycles. The number of amides is 1. The molecule has 164 valence electrons. The number of carbonyl (C=O) groups is 1. The van der Waals surface area contributed by atoms with E-state index < -0.39 is 35.4 Å². The number of furan rings is 1. The van der Waals surface area contributed by atoms with E-state index in [-0.39, 0.29) is 17.3 Å². The molecule has 1 amide bonds. The van der Waals surface area contributed by atoms with Gasteiger partial charge in [0.05, 0.1) is 35.3 Å². The van der Waals surface area contributed by atoms with Crippen molar-refractivity contribution in [1.29, 1.82) is 0 Å². The molecule has 0 radical (unpaired) electrons. The van der Waals surface area contributed by atoms with E-state index in [1.165, 1.54) is 37.7 Å². The van der Waals surface area contributed by atoms with Crippen LogP contribution in [0.5, 0.6) is 0 Å². The van der Waals surface area contributed by atoms with Crippen molar-refractivity contribution in [2.45, 2.75) is 25.3 Å². The Morgan fingerprint density at radius 2 is 1.90 bits per heavy atom. The van der Waals surface area contributed by atoms with Gasteiger partial charge in [-0.05, 0) is 42.8 Å². The van der Waals surface area contributed by atoms with Gasteiger partial charge in [0.25, 0.3) is 0 Å². The van der Waals surface area contributed by atoms with Crippen LogP contribution < -0.4 is 5.32 Å². The van der Waals surface area contributed by atoms with Gasteiger partial charge < -0.3 is 9.73 Å². The minimum absolute atomic E-state index is 0.0808. The molecule has 5 nitrogen and oxygen atoms in total. The van der Waals surface area contributed by atoms with Crippen molar-refractivity contribution in [2.75, 3.05) is 5.32 Å². The number of aromatic nitrogens is 2. The molecule has 11 heteroatoms. The van der Waals surface area contributed by atoms with Crippen molar-refractivity contribution in [3.05, 3.63) is 77.5 Å². The van der Waals surface area contributed by atoms with E-state index >= 15 is 0 Å². The molecule has 0 fully saturated rings. The van der Waals surface area contributed by atoms with Crippen LogP contribution in [0.1, 0.15) is 35.4 Å². The molecule has 3 rings (SSSR count). The van der Waals surface area contributed by atoms with Crippen molar-refractivity contribution in [3.63, 3.8) is 0 Å². The molecule has 31 heavy (non-hydrogen) atoms. The van der Waals surface area contributed by atoms with Crippen LogP contribution in [0.4, 0.5) is 32.0 Å². The monoisotopic (exact) mass is 443 g/mol. The van der Waals surface area contributed by atoms with E-state index in [0.717, 1.165) is 10.7 Å². The van der Waals surface area contributed by atoms with Crippen molar-refractivity contribution >= 4 is 17.7 Å². The van der Waals surface area contributed by atoms with Crippen molar-refractivity contribution in [2.24, 2.45) is 0 Å². The Hall–Kier alpha value is -3.50. The molecule has 1 N–H and O–H groups in total. The van der Waals surface area contributed by atoms with E-state index in [4.69, 9.17) is 4.42 Å². The Kier molecular flexibility index (Phi) is 5.96. The van der Waals surface area contributed by atoms with Gasteiger partial charge in [-0.25, -0.2) is 0 Å². The third kappa shape index (κ3) is 5.36. The lowest BCUT2D eigenvalue weighted by Crippen LogP contribution is -2.17. The number of halogens is 6. The van der Waals surface area contributed by atoms with E-state index in [2.05, 4.69) is 10.4 Å². The molecule has 1 unspecified atom stereocenters. The number of alkyl halides is 6. The molecule has 2 aromatic heterocycles. The topological polar surface area (TPSA) is 60.1 Å².